The van der Waals surface area contributed by atoms with Gasteiger partial charge in [-0.15, -0.1) is 5.11 Å². The average molecular weight is 501 g/mol. The van der Waals surface area contributed by atoms with E-state index in [2.05, 4.69) is 35.7 Å². The number of carbonyl (C=O) groups is 1. The number of amidine groups is 1. The molecule has 3 N–H and O–H groups in total. The van der Waals surface area contributed by atoms with E-state index in [1.165, 1.54) is 30.3 Å². The normalized spacial score (nSPS) is 13.4. The molecule has 5 rings (SSSR count). The summed E-state index contributed by atoms with van der Waals surface area (Å²) in [6.07, 6.45) is 1.79. The van der Waals surface area contributed by atoms with Crippen molar-refractivity contribution in [3.05, 3.63) is 95.3 Å². The lowest BCUT2D eigenvalue weighted by molar-refractivity contribution is 0.0916. The quantitative estimate of drug-likeness (QED) is 0.338. The van der Waals surface area contributed by atoms with E-state index in [0.29, 0.717) is 28.4 Å². The van der Waals surface area contributed by atoms with Crippen molar-refractivity contribution in [3.63, 3.8) is 0 Å². The van der Waals surface area contributed by atoms with E-state index in [4.69, 9.17) is 0 Å². The lowest BCUT2D eigenvalue weighted by atomic mass is 10.0. The number of nitrogens with one attached hydrogen (secondary N) is 2. The summed E-state index contributed by atoms with van der Waals surface area (Å²) >= 11 is 0. The van der Waals surface area contributed by atoms with E-state index in [1.54, 1.807) is 36.5 Å². The number of hydrogen-bond donors (Lipinski definition) is 3. The van der Waals surface area contributed by atoms with E-state index in [0.717, 1.165) is 0 Å². The van der Waals surface area contributed by atoms with Gasteiger partial charge in [0.05, 0.1) is 35.3 Å². The maximum atomic E-state index is 15.0. The van der Waals surface area contributed by atoms with Crippen LogP contribution in [0.4, 0.5) is 8.78 Å². The molecule has 1 amide bonds. The molecule has 3 heterocycles. The molecule has 1 aliphatic rings. The molecule has 0 fully saturated rings. The van der Waals surface area contributed by atoms with E-state index < -0.39 is 17.8 Å². The van der Waals surface area contributed by atoms with E-state index in [-0.39, 0.29) is 42.3 Å². The number of rotatable bonds is 8. The van der Waals surface area contributed by atoms with Crippen LogP contribution in [0, 0.1) is 11.6 Å². The number of aromatic amines is 1. The molecule has 0 saturated carbocycles. The van der Waals surface area contributed by atoms with Crippen LogP contribution in [0.25, 0.3) is 22.5 Å². The van der Waals surface area contributed by atoms with Crippen molar-refractivity contribution in [1.82, 2.24) is 20.5 Å². The molecular formula is C26H21F2N7O2. The minimum Gasteiger partial charge on any atom is -0.394 e. The number of hydrogen-bond acceptors (Lipinski definition) is 7. The van der Waals surface area contributed by atoms with Crippen molar-refractivity contribution in [3.8, 4) is 22.5 Å². The standard InChI is InChI=1S/C26H21F2N7O2/c27-16-8-6-15(7-9-16)21-12-23(34-33-21)24-19(3-1-5-20(24)28)26(37)32-17(13-36)11-22-18(4-2-10-29-22)25-30-14-31-35-25/h1-10,12,17,36H,11,13-14H2,(H,32,37)(H,33,34)/t17-/m1/s1. The first-order chi connectivity index (χ1) is 18.0. The van der Waals surface area contributed by atoms with Crippen molar-refractivity contribution >= 4 is 11.7 Å². The van der Waals surface area contributed by atoms with Crippen molar-refractivity contribution in [1.29, 1.82) is 0 Å². The number of benzene rings is 2. The highest BCUT2D eigenvalue weighted by molar-refractivity contribution is 6.01. The second-order valence-corrected chi connectivity index (χ2v) is 8.26. The fourth-order valence-electron chi connectivity index (χ4n) is 4.04. The first-order valence-electron chi connectivity index (χ1n) is 11.4. The molecule has 0 radical (unpaired) electrons. The number of H-pyrrole nitrogens is 1. The predicted octanol–water partition coefficient (Wildman–Crippen LogP) is 3.92. The summed E-state index contributed by atoms with van der Waals surface area (Å²) in [7, 11) is 0. The monoisotopic (exact) mass is 501 g/mol. The molecule has 0 bridgehead atoms. The second kappa shape index (κ2) is 10.5. The van der Waals surface area contributed by atoms with Crippen LogP contribution in [0.2, 0.25) is 0 Å². The number of aliphatic imine (C=N–C) groups is 1. The molecule has 4 aromatic rings. The van der Waals surface area contributed by atoms with E-state index in [9.17, 15) is 18.7 Å². The van der Waals surface area contributed by atoms with Gasteiger partial charge in [0.25, 0.3) is 5.91 Å². The van der Waals surface area contributed by atoms with Crippen LogP contribution in [0.1, 0.15) is 21.6 Å². The largest absolute Gasteiger partial charge is 0.394 e. The summed E-state index contributed by atoms with van der Waals surface area (Å²) in [5.41, 5.74) is 2.70. The van der Waals surface area contributed by atoms with E-state index in [1.807, 2.05) is 0 Å². The number of amides is 1. The number of pyridine rings is 1. The summed E-state index contributed by atoms with van der Waals surface area (Å²) in [4.78, 5) is 21.8. The second-order valence-electron chi connectivity index (χ2n) is 8.26. The summed E-state index contributed by atoms with van der Waals surface area (Å²) in [5.74, 6) is -1.15. The SMILES string of the molecule is O=C(N[C@@H](CO)Cc1ncccc1C1=NCN=N1)c1cccc(F)c1-c1cc(-c2ccc(F)cc2)n[nH]1. The predicted molar refractivity (Wildman–Crippen MR) is 132 cm³/mol. The molecule has 2 aromatic heterocycles. The van der Waals surface area contributed by atoms with Gasteiger partial charge >= 0.3 is 0 Å². The molecule has 0 saturated heterocycles. The van der Waals surface area contributed by atoms with Crippen LogP contribution in [0.5, 0.6) is 0 Å². The van der Waals surface area contributed by atoms with Crippen molar-refractivity contribution in [2.24, 2.45) is 15.2 Å². The van der Waals surface area contributed by atoms with Gasteiger partial charge < -0.3 is 10.4 Å². The highest BCUT2D eigenvalue weighted by atomic mass is 19.1. The first-order valence-corrected chi connectivity index (χ1v) is 11.4. The molecule has 0 aliphatic carbocycles. The zero-order chi connectivity index (χ0) is 25.8. The van der Waals surface area contributed by atoms with Gasteiger partial charge in [-0.3, -0.25) is 14.9 Å². The van der Waals surface area contributed by atoms with Crippen LogP contribution in [0.15, 0.2) is 82.1 Å². The van der Waals surface area contributed by atoms with Crippen molar-refractivity contribution < 1.29 is 18.7 Å². The third kappa shape index (κ3) is 5.16. The number of aromatic nitrogens is 3. The molecule has 0 unspecified atom stereocenters. The molecular weight excluding hydrogens is 480 g/mol. The Morgan fingerprint density at radius 2 is 1.95 bits per heavy atom. The molecule has 2 aromatic carbocycles. The Kier molecular flexibility index (Phi) is 6.86. The Bertz CT molecular complexity index is 1500. The average Bonchev–Trinajstić information content (AvgIpc) is 3.62. The first kappa shape index (κ1) is 24.1. The van der Waals surface area contributed by atoms with Gasteiger partial charge in [0.2, 0.25) is 0 Å². The smallest absolute Gasteiger partial charge is 0.252 e. The number of aliphatic hydroxyl groups excluding tert-OH is 1. The zero-order valence-electron chi connectivity index (χ0n) is 19.4. The van der Waals surface area contributed by atoms with Gasteiger partial charge in [-0.1, -0.05) is 6.07 Å². The van der Waals surface area contributed by atoms with Gasteiger partial charge in [0, 0.05) is 29.3 Å². The highest BCUT2D eigenvalue weighted by Gasteiger charge is 2.23. The summed E-state index contributed by atoms with van der Waals surface area (Å²) in [6.45, 7) is -0.137. The fraction of sp³-hybridized carbons (Fsp3) is 0.154. The summed E-state index contributed by atoms with van der Waals surface area (Å²) in [5, 5.41) is 27.6. The Hall–Kier alpha value is -4.64. The highest BCUT2D eigenvalue weighted by Crippen LogP contribution is 2.29. The van der Waals surface area contributed by atoms with Crippen LogP contribution >= 0.6 is 0 Å². The van der Waals surface area contributed by atoms with Gasteiger partial charge in [-0.05, 0) is 54.6 Å². The number of halogens is 2. The fourth-order valence-corrected chi connectivity index (χ4v) is 4.04. The van der Waals surface area contributed by atoms with Gasteiger partial charge in [-0.2, -0.15) is 10.2 Å². The number of carbonyl (C=O) groups excluding carboxylic acids is 1. The lowest BCUT2D eigenvalue weighted by Gasteiger charge is -2.18. The van der Waals surface area contributed by atoms with E-state index >= 15 is 0 Å². The minimum atomic E-state index is -0.715. The molecule has 9 nitrogen and oxygen atoms in total. The number of nitrogens with zero attached hydrogens (tertiary/aromatic N) is 5. The molecule has 0 spiro atoms. The molecule has 11 heteroatoms. The number of aliphatic hydroxyl groups is 1. The Labute approximate surface area is 210 Å². The maximum absolute atomic E-state index is 15.0. The Balaban J connectivity index is 1.40. The van der Waals surface area contributed by atoms with Crippen LogP contribution in [-0.4, -0.2) is 51.3 Å². The van der Waals surface area contributed by atoms with Crippen LogP contribution < -0.4 is 5.32 Å². The third-order valence-corrected chi connectivity index (χ3v) is 5.82. The van der Waals surface area contributed by atoms with Gasteiger partial charge in [0.1, 0.15) is 11.6 Å². The summed E-state index contributed by atoms with van der Waals surface area (Å²) < 4.78 is 28.3. The number of azo groups is 1. The van der Waals surface area contributed by atoms with Gasteiger partial charge in [0.15, 0.2) is 12.5 Å². The topological polar surface area (TPSA) is 128 Å². The third-order valence-electron chi connectivity index (χ3n) is 5.82. The summed E-state index contributed by atoms with van der Waals surface area (Å²) in [6, 6.07) is 14.3. The molecule has 1 atom stereocenters. The van der Waals surface area contributed by atoms with Gasteiger partial charge in [-0.25, -0.2) is 13.8 Å². The van der Waals surface area contributed by atoms with Crippen LogP contribution in [-0.2, 0) is 6.42 Å². The van der Waals surface area contributed by atoms with Crippen LogP contribution in [0.3, 0.4) is 0 Å². The Morgan fingerprint density at radius 1 is 1.11 bits per heavy atom. The van der Waals surface area contributed by atoms with Crippen molar-refractivity contribution in [2.75, 3.05) is 13.3 Å². The minimum absolute atomic E-state index is 0.0248. The maximum Gasteiger partial charge on any atom is 0.252 e. The zero-order valence-corrected chi connectivity index (χ0v) is 19.4. The Morgan fingerprint density at radius 3 is 2.70 bits per heavy atom. The van der Waals surface area contributed by atoms with Crippen molar-refractivity contribution in [2.45, 2.75) is 12.5 Å². The molecule has 37 heavy (non-hydrogen) atoms. The molecule has 186 valence electrons. The molecule has 1 aliphatic heterocycles. The lowest BCUT2D eigenvalue weighted by Crippen LogP contribution is -2.39.